The van der Waals surface area contributed by atoms with Crippen molar-refractivity contribution in [2.75, 3.05) is 0 Å². The molecular formula is C88H76F40O4Sn. The Morgan fingerprint density at radius 2 is 0.211 bits per heavy atom. The molecule has 0 spiro atoms. The van der Waals surface area contributed by atoms with Crippen LogP contribution in [-0.4, -0.2) is 121 Å². The first-order chi connectivity index (χ1) is 60.0. The first kappa shape index (κ1) is 117. The minimum Gasteiger partial charge on any atom is -0.842 e. The topological polar surface area (TPSA) is 92.2 Å². The van der Waals surface area contributed by atoms with Crippen molar-refractivity contribution in [2.24, 2.45) is 23.7 Å². The van der Waals surface area contributed by atoms with Crippen molar-refractivity contribution >= 4 is 23.9 Å². The molecule has 0 bridgehead atoms. The second kappa shape index (κ2) is 44.8. The van der Waals surface area contributed by atoms with E-state index in [4.69, 9.17) is 0 Å². The molecule has 0 saturated heterocycles. The second-order valence-corrected chi connectivity index (χ2v) is 30.6. The molecule has 8 aromatic rings. The Morgan fingerprint density at radius 1 is 0.135 bits per heavy atom. The Bertz CT molecular complexity index is 3830. The summed E-state index contributed by atoms with van der Waals surface area (Å²) in [5.74, 6) is -54.8. The summed E-state index contributed by atoms with van der Waals surface area (Å²) in [6, 6.07) is 44.4. The quantitative estimate of drug-likeness (QED) is 0.0289. The first-order valence-corrected chi connectivity index (χ1v) is 38.8. The van der Waals surface area contributed by atoms with Crippen molar-refractivity contribution in [2.45, 2.75) is 222 Å². The molecule has 8 aromatic carbocycles. The maximum absolute atomic E-state index is 15.1. The van der Waals surface area contributed by atoms with Crippen LogP contribution in [0.5, 0.6) is 0 Å². The van der Waals surface area contributed by atoms with E-state index in [9.17, 15) is 126 Å². The zero-order chi connectivity index (χ0) is 101. The summed E-state index contributed by atoms with van der Waals surface area (Å²) in [5, 5.41) is 56.1. The van der Waals surface area contributed by atoms with Gasteiger partial charge in [0.05, 0.1) is 23.7 Å². The molecule has 45 heteroatoms. The van der Waals surface area contributed by atoms with Gasteiger partial charge >= 0.3 is 73.3 Å². The Balaban J connectivity index is 0.000000370. The second-order valence-electron chi connectivity index (χ2n) is 30.6. The SMILES string of the molecule is [O-]C(c1ccccc1)(c1ccccc1)C(C(F)(F)CCC(F)(F)F)C(F)(F)CCC(F)(F)F.[O-]C(c1ccccc1)(c1ccccc1)C(C(F)(F)CCC(F)(F)F)C(F)(F)CCC(F)(F)F.[O-]C(c1ccccc1)(c1ccccc1)C(C(F)(F)CCC(F)(F)F)C(F)(F)CCC(F)(F)F.[O-]C(c1ccccc1)(c1ccccc1)C(C(F)(F)CCC(F)(F)F)C(F)(F)CCC(F)(F)F.[Sn+4]. The van der Waals surface area contributed by atoms with Gasteiger partial charge in [-0.1, -0.05) is 287 Å². The van der Waals surface area contributed by atoms with Crippen molar-refractivity contribution < 1.29 is 196 Å². The number of halogens is 40. The third kappa shape index (κ3) is 34.1. The first-order valence-electron chi connectivity index (χ1n) is 38.8. The molecule has 0 aliphatic heterocycles. The van der Waals surface area contributed by atoms with Crippen LogP contribution in [0.25, 0.3) is 0 Å². The monoisotopic (exact) mass is 2080 g/mol. The molecule has 0 saturated carbocycles. The fraction of sp³-hybridized carbons (Fsp3) is 0.455. The van der Waals surface area contributed by atoms with Crippen molar-refractivity contribution in [3.63, 3.8) is 0 Å². The smallest absolute Gasteiger partial charge is 0.842 e. The minimum atomic E-state index is -5.17. The number of hydrogen-bond donors (Lipinski definition) is 0. The summed E-state index contributed by atoms with van der Waals surface area (Å²) in [6.07, 6.45) is -76.5. The molecular weight excluding hydrogens is 2000 g/mol. The Labute approximate surface area is 749 Å². The number of alkyl halides is 40. The van der Waals surface area contributed by atoms with Crippen LogP contribution in [0.2, 0.25) is 0 Å². The fourth-order valence-electron chi connectivity index (χ4n) is 14.7. The third-order valence-electron chi connectivity index (χ3n) is 20.6. The van der Waals surface area contributed by atoms with E-state index < -0.39 is 290 Å². The maximum atomic E-state index is 15.1. The molecule has 736 valence electrons. The maximum Gasteiger partial charge on any atom is 4.00 e. The van der Waals surface area contributed by atoms with Gasteiger partial charge in [0.1, 0.15) is 0 Å². The van der Waals surface area contributed by atoms with Gasteiger partial charge in [-0.25, -0.2) is 70.2 Å². The molecule has 0 radical (unpaired) electrons. The normalized spacial score (nSPS) is 14.0. The predicted molar refractivity (Wildman–Crippen MR) is 396 cm³/mol. The van der Waals surface area contributed by atoms with Crippen molar-refractivity contribution in [1.29, 1.82) is 0 Å². The van der Waals surface area contributed by atoms with Gasteiger partial charge in [-0.2, -0.15) is 105 Å². The van der Waals surface area contributed by atoms with E-state index in [0.717, 1.165) is 97.1 Å². The Kier molecular flexibility index (Phi) is 39.4. The average Bonchev–Trinajstić information content (AvgIpc) is 0.744. The average molecular weight is 2080 g/mol. The largest absolute Gasteiger partial charge is 4.00 e. The van der Waals surface area contributed by atoms with Crippen LogP contribution >= 0.6 is 0 Å². The van der Waals surface area contributed by atoms with E-state index >= 15 is 70.2 Å². The molecule has 0 aromatic heterocycles. The zero-order valence-corrected chi connectivity index (χ0v) is 70.8. The molecule has 0 aliphatic rings. The molecule has 0 N–H and O–H groups in total. The molecule has 0 fully saturated rings. The van der Waals surface area contributed by atoms with E-state index in [1.807, 2.05) is 0 Å². The van der Waals surface area contributed by atoms with Crippen molar-refractivity contribution in [1.82, 2.24) is 0 Å². The number of rotatable bonds is 36. The van der Waals surface area contributed by atoms with Gasteiger partial charge in [0, 0.05) is 103 Å². The summed E-state index contributed by atoms with van der Waals surface area (Å²) in [7, 11) is 0. The van der Waals surface area contributed by atoms with E-state index in [1.54, 1.807) is 0 Å². The number of benzene rings is 8. The molecule has 4 nitrogen and oxygen atoms in total. The van der Waals surface area contributed by atoms with Gasteiger partial charge < -0.3 is 20.4 Å². The van der Waals surface area contributed by atoms with E-state index in [0.29, 0.717) is 0 Å². The summed E-state index contributed by atoms with van der Waals surface area (Å²) in [5.41, 5.74) is -19.4. The standard InChI is InChI=1S/4C22H19F10O.Sn/c4*23-18(24,11-13-20(27,28)29)17(19(25,26)12-14-21(30,31)32)22(33,15-7-3-1-4-8-15)16-9-5-2-6-10-16;/h4*1-10,17H,11-14H2;/q4*-1;+4. The van der Waals surface area contributed by atoms with Gasteiger partial charge in [-0.05, 0) is 22.4 Å². The summed E-state index contributed by atoms with van der Waals surface area (Å²) in [6.45, 7) is 0. The van der Waals surface area contributed by atoms with Gasteiger partial charge in [0.15, 0.2) is 0 Å². The molecule has 133 heavy (non-hydrogen) atoms. The van der Waals surface area contributed by atoms with Crippen LogP contribution in [0.1, 0.15) is 147 Å². The van der Waals surface area contributed by atoms with Gasteiger partial charge in [-0.15, -0.1) is 0 Å². The Hall–Kier alpha value is -8.40. The van der Waals surface area contributed by atoms with E-state index in [-0.39, 0.29) is 23.9 Å². The summed E-state index contributed by atoms with van der Waals surface area (Å²) in [4.78, 5) is 0. The molecule has 0 aliphatic carbocycles. The molecule has 0 amide bonds. The van der Waals surface area contributed by atoms with Crippen molar-refractivity contribution in [3.05, 3.63) is 287 Å². The molecule has 0 unspecified atom stereocenters. The summed E-state index contributed by atoms with van der Waals surface area (Å²) >= 11 is 0. The molecule has 8 rings (SSSR count). The third-order valence-corrected chi connectivity index (χ3v) is 20.6. The molecule has 0 atom stereocenters. The van der Waals surface area contributed by atoms with Crippen LogP contribution in [0.3, 0.4) is 0 Å². The summed E-state index contributed by atoms with van der Waals surface area (Å²) < 4.78 is 546. The van der Waals surface area contributed by atoms with E-state index in [2.05, 4.69) is 0 Å². The van der Waals surface area contributed by atoms with Crippen LogP contribution < -0.4 is 20.4 Å². The van der Waals surface area contributed by atoms with Crippen LogP contribution in [0.15, 0.2) is 243 Å². The van der Waals surface area contributed by atoms with Gasteiger partial charge in [0.2, 0.25) is 0 Å². The van der Waals surface area contributed by atoms with Gasteiger partial charge in [-0.3, -0.25) is 0 Å². The number of hydrogen-bond acceptors (Lipinski definition) is 4. The molecule has 0 heterocycles. The zero-order valence-electron chi connectivity index (χ0n) is 68.0. The fourth-order valence-corrected chi connectivity index (χ4v) is 14.7. The Morgan fingerprint density at radius 3 is 0.278 bits per heavy atom. The van der Waals surface area contributed by atoms with Crippen molar-refractivity contribution in [3.8, 4) is 0 Å². The minimum absolute atomic E-state index is 0. The van der Waals surface area contributed by atoms with Gasteiger partial charge in [0.25, 0.3) is 47.4 Å². The predicted octanol–water partition coefficient (Wildman–Crippen LogP) is 27.1. The van der Waals surface area contributed by atoms with Crippen LogP contribution in [0, 0.1) is 23.7 Å². The van der Waals surface area contributed by atoms with Crippen LogP contribution in [0.4, 0.5) is 176 Å². The van der Waals surface area contributed by atoms with Crippen LogP contribution in [-0.2, 0) is 22.4 Å². The van der Waals surface area contributed by atoms with E-state index in [1.165, 1.54) is 146 Å².